The van der Waals surface area contributed by atoms with Crippen LogP contribution in [0, 0.1) is 0 Å². The number of aliphatic carboxylic acids is 1. The van der Waals surface area contributed by atoms with Gasteiger partial charge < -0.3 is 5.11 Å². The fourth-order valence-corrected chi connectivity index (χ4v) is 4.51. The van der Waals surface area contributed by atoms with Crippen LogP contribution >= 0.6 is 23.1 Å². The van der Waals surface area contributed by atoms with E-state index >= 15 is 0 Å². The van der Waals surface area contributed by atoms with Gasteiger partial charge >= 0.3 is 5.97 Å². The first-order chi connectivity index (χ1) is 10.3. The predicted octanol–water partition coefficient (Wildman–Crippen LogP) is 3.52. The second kappa shape index (κ2) is 6.64. The van der Waals surface area contributed by atoms with Crippen LogP contribution in [0.5, 0.6) is 0 Å². The van der Waals surface area contributed by atoms with Crippen molar-refractivity contribution in [1.29, 1.82) is 0 Å². The molecule has 2 heterocycles. The highest BCUT2D eigenvalue weighted by atomic mass is 32.2. The molecule has 0 amide bonds. The van der Waals surface area contributed by atoms with Gasteiger partial charge in [0.1, 0.15) is 6.04 Å². The van der Waals surface area contributed by atoms with Crippen molar-refractivity contribution in [3.05, 3.63) is 52.2 Å². The van der Waals surface area contributed by atoms with Crippen molar-refractivity contribution in [2.24, 2.45) is 0 Å². The monoisotopic (exact) mass is 319 g/mol. The lowest BCUT2D eigenvalue weighted by Gasteiger charge is -2.32. The molecule has 1 aromatic carbocycles. The van der Waals surface area contributed by atoms with Crippen LogP contribution in [-0.4, -0.2) is 34.8 Å². The van der Waals surface area contributed by atoms with Gasteiger partial charge in [-0.1, -0.05) is 18.2 Å². The van der Waals surface area contributed by atoms with Crippen molar-refractivity contribution >= 4 is 29.1 Å². The van der Waals surface area contributed by atoms with E-state index in [1.54, 1.807) is 23.1 Å². The average molecular weight is 319 g/mol. The maximum atomic E-state index is 11.6. The Morgan fingerprint density at radius 2 is 2.14 bits per heavy atom. The molecule has 1 aliphatic rings. The molecule has 0 aliphatic carbocycles. The summed E-state index contributed by atoms with van der Waals surface area (Å²) in [6, 6.07) is 11.7. The van der Waals surface area contributed by atoms with Gasteiger partial charge in [-0.25, -0.2) is 0 Å². The second-order valence-electron chi connectivity index (χ2n) is 4.99. The van der Waals surface area contributed by atoms with Crippen molar-refractivity contribution in [2.45, 2.75) is 17.4 Å². The molecule has 1 unspecified atom stereocenters. The molecule has 1 aliphatic heterocycles. The minimum Gasteiger partial charge on any atom is -0.480 e. The van der Waals surface area contributed by atoms with Gasteiger partial charge in [-0.2, -0.15) is 0 Å². The van der Waals surface area contributed by atoms with E-state index in [0.29, 0.717) is 0 Å². The first-order valence-corrected chi connectivity index (χ1v) is 8.83. The standard InChI is InChI=1S/C16H17NO2S2/c18-16(19)15-13-7-10-21-14(13)6-8-17(15)9-11-20-12-4-2-1-3-5-12/h1-5,7,10,15H,6,8-9,11H2,(H,18,19). The smallest absolute Gasteiger partial charge is 0.325 e. The van der Waals surface area contributed by atoms with E-state index in [1.165, 1.54) is 9.77 Å². The second-order valence-corrected chi connectivity index (χ2v) is 7.16. The van der Waals surface area contributed by atoms with E-state index in [4.69, 9.17) is 0 Å². The van der Waals surface area contributed by atoms with Crippen molar-refractivity contribution in [1.82, 2.24) is 4.90 Å². The van der Waals surface area contributed by atoms with Crippen LogP contribution < -0.4 is 0 Å². The molecule has 0 radical (unpaired) electrons. The molecule has 0 spiro atoms. The highest BCUT2D eigenvalue weighted by molar-refractivity contribution is 7.99. The van der Waals surface area contributed by atoms with Gasteiger partial charge in [-0.15, -0.1) is 23.1 Å². The largest absolute Gasteiger partial charge is 0.480 e. The lowest BCUT2D eigenvalue weighted by Crippen LogP contribution is -2.40. The van der Waals surface area contributed by atoms with Gasteiger partial charge in [0, 0.05) is 28.6 Å². The predicted molar refractivity (Wildman–Crippen MR) is 87.1 cm³/mol. The Kier molecular flexibility index (Phi) is 4.63. The van der Waals surface area contributed by atoms with Crippen LogP contribution in [0.1, 0.15) is 16.5 Å². The van der Waals surface area contributed by atoms with Crippen LogP contribution in [0.2, 0.25) is 0 Å². The van der Waals surface area contributed by atoms with Crippen LogP contribution in [-0.2, 0) is 11.2 Å². The Morgan fingerprint density at radius 1 is 1.33 bits per heavy atom. The number of carbonyl (C=O) groups is 1. The molecule has 21 heavy (non-hydrogen) atoms. The molecule has 3 rings (SSSR count). The molecule has 2 aromatic rings. The quantitative estimate of drug-likeness (QED) is 0.856. The summed E-state index contributed by atoms with van der Waals surface area (Å²) in [6.45, 7) is 1.63. The number of carboxylic acid groups (broad SMARTS) is 1. The van der Waals surface area contributed by atoms with E-state index in [1.807, 2.05) is 29.6 Å². The number of rotatable bonds is 5. The van der Waals surface area contributed by atoms with Gasteiger partial charge in [0.05, 0.1) is 0 Å². The summed E-state index contributed by atoms with van der Waals surface area (Å²) in [5.41, 5.74) is 0.989. The third-order valence-corrected chi connectivity index (χ3v) is 5.68. The zero-order valence-corrected chi connectivity index (χ0v) is 13.2. The molecule has 3 nitrogen and oxygen atoms in total. The summed E-state index contributed by atoms with van der Waals surface area (Å²) in [7, 11) is 0. The van der Waals surface area contributed by atoms with Crippen molar-refractivity contribution in [3.8, 4) is 0 Å². The van der Waals surface area contributed by atoms with Crippen molar-refractivity contribution in [2.75, 3.05) is 18.8 Å². The molecule has 0 fully saturated rings. The van der Waals surface area contributed by atoms with Crippen LogP contribution in [0.25, 0.3) is 0 Å². The van der Waals surface area contributed by atoms with Crippen LogP contribution in [0.15, 0.2) is 46.7 Å². The van der Waals surface area contributed by atoms with Gasteiger partial charge in [0.25, 0.3) is 0 Å². The normalized spacial score (nSPS) is 18.4. The number of hydrogen-bond acceptors (Lipinski definition) is 4. The highest BCUT2D eigenvalue weighted by Gasteiger charge is 2.33. The Labute approximate surface area is 132 Å². The van der Waals surface area contributed by atoms with E-state index in [-0.39, 0.29) is 0 Å². The minimum absolute atomic E-state index is 0.476. The topological polar surface area (TPSA) is 40.5 Å². The van der Waals surface area contributed by atoms with E-state index in [0.717, 1.165) is 30.8 Å². The fraction of sp³-hybridized carbons (Fsp3) is 0.312. The summed E-state index contributed by atoms with van der Waals surface area (Å²) >= 11 is 3.45. The SMILES string of the molecule is O=C(O)C1c2ccsc2CCN1CCSc1ccccc1. The zero-order valence-electron chi connectivity index (χ0n) is 11.6. The number of fused-ring (bicyclic) bond motifs is 1. The van der Waals surface area contributed by atoms with Gasteiger partial charge in [-0.05, 0) is 35.6 Å². The van der Waals surface area contributed by atoms with E-state index in [9.17, 15) is 9.90 Å². The Hall–Kier alpha value is -1.30. The molecule has 0 saturated carbocycles. The summed E-state index contributed by atoms with van der Waals surface area (Å²) in [5.74, 6) is 0.173. The number of carboxylic acids is 1. The Morgan fingerprint density at radius 3 is 2.90 bits per heavy atom. The molecule has 5 heteroatoms. The molecule has 1 N–H and O–H groups in total. The lowest BCUT2D eigenvalue weighted by molar-refractivity contribution is -0.143. The molecular formula is C16H17NO2S2. The summed E-state index contributed by atoms with van der Waals surface area (Å²) < 4.78 is 0. The first kappa shape index (κ1) is 14.6. The summed E-state index contributed by atoms with van der Waals surface area (Å²) in [6.07, 6.45) is 0.965. The summed E-state index contributed by atoms with van der Waals surface area (Å²) in [4.78, 5) is 16.2. The van der Waals surface area contributed by atoms with Crippen LogP contribution in [0.3, 0.4) is 0 Å². The minimum atomic E-state index is -0.737. The molecule has 0 saturated heterocycles. The van der Waals surface area contributed by atoms with Gasteiger partial charge in [-0.3, -0.25) is 9.69 Å². The lowest BCUT2D eigenvalue weighted by atomic mass is 10.0. The third kappa shape index (κ3) is 3.31. The average Bonchev–Trinajstić information content (AvgIpc) is 2.96. The molecule has 110 valence electrons. The van der Waals surface area contributed by atoms with Crippen LogP contribution in [0.4, 0.5) is 0 Å². The Balaban J connectivity index is 1.64. The van der Waals surface area contributed by atoms with Crippen molar-refractivity contribution < 1.29 is 9.90 Å². The maximum absolute atomic E-state index is 11.6. The molecule has 1 atom stereocenters. The fourth-order valence-electron chi connectivity index (χ4n) is 2.70. The molecule has 1 aromatic heterocycles. The molecular weight excluding hydrogens is 302 g/mol. The Bertz CT molecular complexity index is 612. The zero-order chi connectivity index (χ0) is 14.7. The van der Waals surface area contributed by atoms with E-state index in [2.05, 4.69) is 17.0 Å². The highest BCUT2D eigenvalue weighted by Crippen LogP contribution is 2.33. The number of benzene rings is 1. The van der Waals surface area contributed by atoms with E-state index < -0.39 is 12.0 Å². The number of nitrogens with zero attached hydrogens (tertiary/aromatic N) is 1. The van der Waals surface area contributed by atoms with Crippen molar-refractivity contribution in [3.63, 3.8) is 0 Å². The number of thioether (sulfide) groups is 1. The number of thiophene rings is 1. The third-order valence-electron chi connectivity index (χ3n) is 3.69. The first-order valence-electron chi connectivity index (χ1n) is 6.96. The summed E-state index contributed by atoms with van der Waals surface area (Å²) in [5, 5.41) is 11.5. The van der Waals surface area contributed by atoms with Gasteiger partial charge in [0.2, 0.25) is 0 Å². The number of hydrogen-bond donors (Lipinski definition) is 1. The van der Waals surface area contributed by atoms with Gasteiger partial charge in [0.15, 0.2) is 0 Å². The molecule has 0 bridgehead atoms. The maximum Gasteiger partial charge on any atom is 0.325 e.